The van der Waals surface area contributed by atoms with E-state index in [9.17, 15) is 0 Å². The van der Waals surface area contributed by atoms with Crippen molar-refractivity contribution in [2.24, 2.45) is 0 Å². The standard InChI is InChI=1S/C11H18S2/c1-8-6-10(9(2)13-8)7-12-11(3,4)5/h6H,7H2,1-5H3. The minimum Gasteiger partial charge on any atom is -0.151 e. The summed E-state index contributed by atoms with van der Waals surface area (Å²) in [5.74, 6) is 1.15. The molecule has 0 saturated carbocycles. The van der Waals surface area contributed by atoms with Crippen LogP contribution in [0, 0.1) is 13.8 Å². The average molecular weight is 214 g/mol. The van der Waals surface area contributed by atoms with Crippen molar-refractivity contribution in [3.63, 3.8) is 0 Å². The first-order valence-corrected chi connectivity index (χ1v) is 6.38. The number of rotatable bonds is 2. The van der Waals surface area contributed by atoms with E-state index in [1.807, 2.05) is 23.1 Å². The highest BCUT2D eigenvalue weighted by Gasteiger charge is 2.12. The summed E-state index contributed by atoms with van der Waals surface area (Å²) in [6.45, 7) is 11.2. The largest absolute Gasteiger partial charge is 0.151 e. The van der Waals surface area contributed by atoms with Gasteiger partial charge in [-0.1, -0.05) is 20.8 Å². The molecule has 0 radical (unpaired) electrons. The second kappa shape index (κ2) is 4.05. The molecule has 0 spiro atoms. The van der Waals surface area contributed by atoms with Crippen molar-refractivity contribution in [1.29, 1.82) is 0 Å². The van der Waals surface area contributed by atoms with E-state index in [-0.39, 0.29) is 0 Å². The van der Waals surface area contributed by atoms with E-state index in [0.717, 1.165) is 5.75 Å². The molecule has 0 aliphatic rings. The van der Waals surface area contributed by atoms with Crippen molar-refractivity contribution in [1.82, 2.24) is 0 Å². The maximum absolute atomic E-state index is 2.32. The lowest BCUT2D eigenvalue weighted by Gasteiger charge is -2.17. The van der Waals surface area contributed by atoms with Crippen LogP contribution in [0.2, 0.25) is 0 Å². The van der Waals surface area contributed by atoms with Gasteiger partial charge in [0.15, 0.2) is 0 Å². The summed E-state index contributed by atoms with van der Waals surface area (Å²) in [5.41, 5.74) is 1.52. The van der Waals surface area contributed by atoms with Crippen molar-refractivity contribution in [2.45, 2.75) is 45.1 Å². The Balaban J connectivity index is 2.59. The summed E-state index contributed by atoms with van der Waals surface area (Å²) in [5, 5.41) is 0. The van der Waals surface area contributed by atoms with E-state index in [1.165, 1.54) is 15.3 Å². The molecule has 0 aromatic carbocycles. The van der Waals surface area contributed by atoms with Crippen molar-refractivity contribution in [2.75, 3.05) is 0 Å². The van der Waals surface area contributed by atoms with Gasteiger partial charge >= 0.3 is 0 Å². The molecule has 13 heavy (non-hydrogen) atoms. The van der Waals surface area contributed by atoms with E-state index in [4.69, 9.17) is 0 Å². The van der Waals surface area contributed by atoms with E-state index in [1.54, 1.807) is 0 Å². The van der Waals surface area contributed by atoms with Gasteiger partial charge in [-0.15, -0.1) is 11.3 Å². The van der Waals surface area contributed by atoms with Crippen molar-refractivity contribution in [3.8, 4) is 0 Å². The van der Waals surface area contributed by atoms with Crippen LogP contribution in [0.4, 0.5) is 0 Å². The smallest absolute Gasteiger partial charge is 0.0200 e. The molecule has 0 amide bonds. The van der Waals surface area contributed by atoms with E-state index in [0.29, 0.717) is 4.75 Å². The highest BCUT2D eigenvalue weighted by atomic mass is 32.2. The summed E-state index contributed by atoms with van der Waals surface area (Å²) in [4.78, 5) is 2.91. The first-order valence-electron chi connectivity index (χ1n) is 4.58. The Morgan fingerprint density at radius 3 is 2.31 bits per heavy atom. The number of aryl methyl sites for hydroxylation is 2. The normalized spacial score (nSPS) is 12.1. The molecule has 0 nitrogen and oxygen atoms in total. The third-order valence-electron chi connectivity index (χ3n) is 1.80. The first kappa shape index (κ1) is 11.1. The molecule has 1 heterocycles. The SMILES string of the molecule is Cc1cc(CSC(C)(C)C)c(C)s1. The number of thioether (sulfide) groups is 1. The lowest BCUT2D eigenvalue weighted by molar-refractivity contribution is 0.802. The van der Waals surface area contributed by atoms with Crippen LogP contribution in [-0.2, 0) is 5.75 Å². The van der Waals surface area contributed by atoms with E-state index in [2.05, 4.69) is 40.7 Å². The van der Waals surface area contributed by atoms with Crippen LogP contribution in [0.15, 0.2) is 6.07 Å². The van der Waals surface area contributed by atoms with Crippen molar-refractivity contribution in [3.05, 3.63) is 21.4 Å². The molecule has 0 aliphatic heterocycles. The predicted molar refractivity (Wildman–Crippen MR) is 64.8 cm³/mol. The van der Waals surface area contributed by atoms with Gasteiger partial charge < -0.3 is 0 Å². The van der Waals surface area contributed by atoms with Gasteiger partial charge in [0, 0.05) is 20.3 Å². The Hall–Kier alpha value is 0.0500. The number of hydrogen-bond acceptors (Lipinski definition) is 2. The van der Waals surface area contributed by atoms with Crippen LogP contribution in [0.1, 0.15) is 36.1 Å². The van der Waals surface area contributed by atoms with E-state index < -0.39 is 0 Å². The first-order chi connectivity index (χ1) is 5.88. The molecule has 0 N–H and O–H groups in total. The van der Waals surface area contributed by atoms with Gasteiger partial charge in [-0.2, -0.15) is 11.8 Å². The lowest BCUT2D eigenvalue weighted by Crippen LogP contribution is -2.07. The molecule has 74 valence electrons. The molecule has 0 atom stereocenters. The number of hydrogen-bond donors (Lipinski definition) is 0. The fraction of sp³-hybridized carbons (Fsp3) is 0.636. The average Bonchev–Trinajstić information content (AvgIpc) is 2.24. The van der Waals surface area contributed by atoms with Gasteiger partial charge in [0.1, 0.15) is 0 Å². The van der Waals surface area contributed by atoms with Gasteiger partial charge in [-0.25, -0.2) is 0 Å². The summed E-state index contributed by atoms with van der Waals surface area (Å²) in [7, 11) is 0. The molecule has 0 unspecified atom stereocenters. The van der Waals surface area contributed by atoms with Gasteiger partial charge in [-0.3, -0.25) is 0 Å². The molecule has 0 fully saturated rings. The fourth-order valence-electron chi connectivity index (χ4n) is 1.12. The van der Waals surface area contributed by atoms with Gasteiger partial charge in [0.2, 0.25) is 0 Å². The quantitative estimate of drug-likeness (QED) is 0.703. The second-order valence-electron chi connectivity index (χ2n) is 4.34. The molecule has 0 bridgehead atoms. The van der Waals surface area contributed by atoms with Crippen LogP contribution >= 0.6 is 23.1 Å². The Bertz CT molecular complexity index is 279. The highest BCUT2D eigenvalue weighted by molar-refractivity contribution is 7.99. The maximum Gasteiger partial charge on any atom is 0.0200 e. The highest BCUT2D eigenvalue weighted by Crippen LogP contribution is 2.31. The van der Waals surface area contributed by atoms with Crippen LogP contribution in [0.5, 0.6) is 0 Å². The summed E-state index contributed by atoms with van der Waals surface area (Å²) in [6.07, 6.45) is 0. The fourth-order valence-corrected chi connectivity index (χ4v) is 3.05. The van der Waals surface area contributed by atoms with Crippen LogP contribution in [0.25, 0.3) is 0 Å². The van der Waals surface area contributed by atoms with Crippen LogP contribution in [-0.4, -0.2) is 4.75 Å². The van der Waals surface area contributed by atoms with Crippen LogP contribution < -0.4 is 0 Å². The molecule has 2 heteroatoms. The molecular weight excluding hydrogens is 196 g/mol. The monoisotopic (exact) mass is 214 g/mol. The predicted octanol–water partition coefficient (Wildman–Crippen LogP) is 4.40. The van der Waals surface area contributed by atoms with Gasteiger partial charge in [0.25, 0.3) is 0 Å². The summed E-state index contributed by atoms with van der Waals surface area (Å²) in [6, 6.07) is 2.32. The zero-order valence-corrected chi connectivity index (χ0v) is 10.7. The lowest BCUT2D eigenvalue weighted by atomic mass is 10.3. The second-order valence-corrected chi connectivity index (χ2v) is 7.60. The van der Waals surface area contributed by atoms with Gasteiger partial charge in [0.05, 0.1) is 0 Å². The van der Waals surface area contributed by atoms with Crippen molar-refractivity contribution < 1.29 is 0 Å². The molecular formula is C11H18S2. The molecule has 0 saturated heterocycles. The molecule has 1 aromatic heterocycles. The zero-order chi connectivity index (χ0) is 10.1. The summed E-state index contributed by atoms with van der Waals surface area (Å²) >= 11 is 3.93. The third-order valence-corrected chi connectivity index (χ3v) is 4.13. The summed E-state index contributed by atoms with van der Waals surface area (Å²) < 4.78 is 0.377. The Kier molecular flexibility index (Phi) is 3.47. The Labute approximate surface area is 89.7 Å². The zero-order valence-electron chi connectivity index (χ0n) is 9.10. The van der Waals surface area contributed by atoms with Crippen LogP contribution in [0.3, 0.4) is 0 Å². The minimum atomic E-state index is 0.377. The molecule has 1 rings (SSSR count). The Morgan fingerprint density at radius 1 is 1.31 bits per heavy atom. The topological polar surface area (TPSA) is 0 Å². The Morgan fingerprint density at radius 2 is 1.92 bits per heavy atom. The maximum atomic E-state index is 2.32. The number of thiophene rings is 1. The van der Waals surface area contributed by atoms with Gasteiger partial charge in [-0.05, 0) is 25.5 Å². The minimum absolute atomic E-state index is 0.377. The third kappa shape index (κ3) is 3.74. The molecule has 0 aliphatic carbocycles. The van der Waals surface area contributed by atoms with Crippen molar-refractivity contribution >= 4 is 23.1 Å². The molecule has 1 aromatic rings. The van der Waals surface area contributed by atoms with E-state index >= 15 is 0 Å².